The number of nitrogens with one attached hydrogen (secondary N) is 4. The van der Waals surface area contributed by atoms with Crippen LogP contribution in [0.5, 0.6) is 5.75 Å². The predicted octanol–water partition coefficient (Wildman–Crippen LogP) is -0.206. The van der Waals surface area contributed by atoms with E-state index in [4.69, 9.17) is 25.3 Å². The fourth-order valence-corrected chi connectivity index (χ4v) is 5.81. The van der Waals surface area contributed by atoms with Crippen LogP contribution >= 0.6 is 11.3 Å². The van der Waals surface area contributed by atoms with Gasteiger partial charge < -0.3 is 36.4 Å². The third kappa shape index (κ3) is 8.26. The van der Waals surface area contributed by atoms with Crippen molar-refractivity contribution in [2.45, 2.75) is 57.3 Å². The van der Waals surface area contributed by atoms with Crippen LogP contribution in [0.25, 0.3) is 0 Å². The van der Waals surface area contributed by atoms with Crippen LogP contribution in [-0.4, -0.2) is 101 Å². The summed E-state index contributed by atoms with van der Waals surface area (Å²) in [6, 6.07) is 5.26. The average Bonchev–Trinajstić information content (AvgIpc) is 3.33. The highest BCUT2D eigenvalue weighted by atomic mass is 32.3. The molecule has 0 radical (unpaired) electrons. The number of aromatic nitrogens is 1. The van der Waals surface area contributed by atoms with Gasteiger partial charge in [-0.2, -0.15) is 13.5 Å². The van der Waals surface area contributed by atoms with Gasteiger partial charge in [-0.15, -0.1) is 15.6 Å². The van der Waals surface area contributed by atoms with Gasteiger partial charge >= 0.3 is 16.4 Å². The van der Waals surface area contributed by atoms with Crippen molar-refractivity contribution in [3.63, 3.8) is 0 Å². The highest BCUT2D eigenvalue weighted by Gasteiger charge is 2.58. The molecule has 8 N–H and O–H groups in total. The number of thiazole rings is 1. The minimum atomic E-state index is -5.02. The summed E-state index contributed by atoms with van der Waals surface area (Å²) in [5.74, 6) is -2.94. The molecule has 4 rings (SSSR count). The predicted molar refractivity (Wildman–Crippen MR) is 164 cm³/mol. The normalized spacial score (nSPS) is 20.3. The van der Waals surface area contributed by atoms with Crippen molar-refractivity contribution < 1.29 is 46.3 Å². The number of nitrogen functional groups attached to an aromatic ring is 1. The summed E-state index contributed by atoms with van der Waals surface area (Å²) in [7, 11) is -5.02. The van der Waals surface area contributed by atoms with Crippen LogP contribution in [0.15, 0.2) is 29.4 Å². The van der Waals surface area contributed by atoms with E-state index >= 15 is 0 Å². The number of carboxylic acid groups (broad SMARTS) is 1. The summed E-state index contributed by atoms with van der Waals surface area (Å²) < 4.78 is 41.0. The first kappa shape index (κ1) is 34.5. The summed E-state index contributed by atoms with van der Waals surface area (Å²) in [6.45, 7) is 5.50. The second-order valence-corrected chi connectivity index (χ2v) is 13.2. The highest BCUT2D eigenvalue weighted by molar-refractivity contribution is 7.80. The Balaban J connectivity index is 1.44. The molecule has 1 aromatic carbocycles. The van der Waals surface area contributed by atoms with Crippen LogP contribution in [-0.2, 0) is 33.9 Å². The van der Waals surface area contributed by atoms with E-state index in [1.54, 1.807) is 31.2 Å². The van der Waals surface area contributed by atoms with Crippen molar-refractivity contribution in [2.75, 3.05) is 25.4 Å². The van der Waals surface area contributed by atoms with E-state index in [9.17, 15) is 27.9 Å². The second-order valence-electron chi connectivity index (χ2n) is 10.9. The molecular weight excluding hydrogens is 648 g/mol. The molecule has 2 fully saturated rings. The molecule has 2 saturated heterocycles. The van der Waals surface area contributed by atoms with Crippen molar-refractivity contribution in [3.05, 3.63) is 40.4 Å². The number of anilines is 1. The molecule has 20 heteroatoms. The number of amidine groups is 1. The van der Waals surface area contributed by atoms with E-state index in [-0.39, 0.29) is 28.5 Å². The monoisotopic (exact) mass is 682 g/mol. The smallest absolute Gasteiger partial charge is 0.418 e. The Labute approximate surface area is 267 Å². The summed E-state index contributed by atoms with van der Waals surface area (Å²) in [5, 5.41) is 31.1. The van der Waals surface area contributed by atoms with Crippen molar-refractivity contribution in [3.8, 4) is 5.75 Å². The molecule has 18 nitrogen and oxygen atoms in total. The quantitative estimate of drug-likeness (QED) is 0.0474. The van der Waals surface area contributed by atoms with Crippen LogP contribution < -0.4 is 26.4 Å². The number of carboxylic acids is 1. The molecule has 1 unspecified atom stereocenters. The molecule has 3 atom stereocenters. The largest absolute Gasteiger partial charge is 0.489 e. The molecule has 3 heterocycles. The molecule has 1 aromatic heterocycles. The first-order chi connectivity index (χ1) is 21.6. The number of hydrogen-bond donors (Lipinski definition) is 7. The number of hydroxylamine groups is 2. The number of oxime groups is 1. The van der Waals surface area contributed by atoms with Crippen LogP contribution in [0.2, 0.25) is 0 Å². The second kappa shape index (κ2) is 14.0. The molecule has 0 saturated carbocycles. The topological polar surface area (TPSA) is 268 Å². The van der Waals surface area contributed by atoms with E-state index in [1.807, 2.05) is 0 Å². The van der Waals surface area contributed by atoms with Crippen molar-refractivity contribution in [2.24, 2.45) is 5.16 Å². The van der Waals surface area contributed by atoms with Crippen molar-refractivity contribution >= 4 is 56.2 Å². The summed E-state index contributed by atoms with van der Waals surface area (Å²) in [6.07, 6.45) is 0.276. The maximum absolute atomic E-state index is 13.3. The number of amides is 2. The molecule has 46 heavy (non-hydrogen) atoms. The highest BCUT2D eigenvalue weighted by Crippen LogP contribution is 2.33. The third-order valence-electron chi connectivity index (χ3n) is 7.11. The average molecular weight is 683 g/mol. The van der Waals surface area contributed by atoms with Gasteiger partial charge in [-0.05, 0) is 64.4 Å². The maximum Gasteiger partial charge on any atom is 0.418 e. The molecule has 2 aliphatic heterocycles. The van der Waals surface area contributed by atoms with E-state index in [2.05, 4.69) is 30.4 Å². The number of β-lactam (4-membered cyclic amide) rings is 1. The minimum absolute atomic E-state index is 0.0451. The van der Waals surface area contributed by atoms with Gasteiger partial charge in [-0.1, -0.05) is 5.16 Å². The van der Waals surface area contributed by atoms with E-state index in [1.165, 1.54) is 13.8 Å². The number of aryl methyl sites for hydroxylation is 1. The lowest BCUT2D eigenvalue weighted by Crippen LogP contribution is -2.76. The number of rotatable bonds is 13. The SMILES string of the molecule is Cc1sc(N)nc1/C(=N/OC(COc1ccc(C(=N)N[C@H]2CCCNC2)cc1)C(=O)O)C(=O)N[C@@H]1C(=O)N(OS(=O)(=O)O)C1(C)C. The zero-order valence-corrected chi connectivity index (χ0v) is 26.6. The number of ether oxygens (including phenoxy) is 1. The first-order valence-electron chi connectivity index (χ1n) is 13.9. The van der Waals surface area contributed by atoms with Gasteiger partial charge in [0.25, 0.3) is 17.9 Å². The van der Waals surface area contributed by atoms with Gasteiger partial charge in [-0.25, -0.2) is 9.78 Å². The fourth-order valence-electron chi connectivity index (χ4n) is 4.66. The molecule has 0 spiro atoms. The Hall–Kier alpha value is -4.37. The van der Waals surface area contributed by atoms with Crippen molar-refractivity contribution in [1.82, 2.24) is 26.0 Å². The van der Waals surface area contributed by atoms with Gasteiger partial charge in [0, 0.05) is 23.0 Å². The Morgan fingerprint density at radius 1 is 1.30 bits per heavy atom. The van der Waals surface area contributed by atoms with Gasteiger partial charge in [0.2, 0.25) is 0 Å². The Morgan fingerprint density at radius 3 is 2.54 bits per heavy atom. The number of nitrogens with two attached hydrogens (primary N) is 1. The Morgan fingerprint density at radius 2 is 2.00 bits per heavy atom. The maximum atomic E-state index is 13.3. The van der Waals surface area contributed by atoms with E-state index < -0.39 is 58.2 Å². The Kier molecular flexibility index (Phi) is 10.5. The van der Waals surface area contributed by atoms with Gasteiger partial charge in [0.1, 0.15) is 29.9 Å². The number of carbonyl (C=O) groups is 3. The molecule has 0 aliphatic carbocycles. The summed E-state index contributed by atoms with van der Waals surface area (Å²) in [4.78, 5) is 47.5. The van der Waals surface area contributed by atoms with Gasteiger partial charge in [0.05, 0.1) is 5.54 Å². The number of piperidine rings is 1. The molecule has 2 aliphatic rings. The van der Waals surface area contributed by atoms with Crippen molar-refractivity contribution in [1.29, 1.82) is 5.41 Å². The number of benzene rings is 1. The summed E-state index contributed by atoms with van der Waals surface area (Å²) >= 11 is 1.02. The lowest BCUT2D eigenvalue weighted by molar-refractivity contribution is -0.218. The van der Waals surface area contributed by atoms with Crippen LogP contribution in [0.3, 0.4) is 0 Å². The number of nitrogens with zero attached hydrogens (tertiary/aromatic N) is 3. The molecule has 0 bridgehead atoms. The number of carbonyl (C=O) groups excluding carboxylic acids is 2. The zero-order valence-electron chi connectivity index (χ0n) is 25.0. The van der Waals surface area contributed by atoms with E-state index in [0.29, 0.717) is 15.5 Å². The minimum Gasteiger partial charge on any atom is -0.489 e. The molecule has 250 valence electrons. The molecular formula is C26H34N8O10S2. The number of aliphatic carboxylic acids is 1. The lowest BCUT2D eigenvalue weighted by atomic mass is 9.84. The van der Waals surface area contributed by atoms with Crippen LogP contribution in [0, 0.1) is 12.3 Å². The standard InChI is InChI=1S/C26H34N8O10S2/c1-13-18(31-25(28)45-13)19(22(35)32-20-23(36)34(26(20,2)3)44-46(39,40)41)33-43-17(24(37)38)12-42-16-8-6-14(7-9-16)21(27)30-15-5-4-10-29-11-15/h6-9,15,17,20,29H,4-5,10-12H2,1-3H3,(H2,27,30)(H2,28,31)(H,32,35)(H,37,38)(H,39,40,41)/b33-19-/t15-,17?,20+/m0/s1. The Bertz CT molecular complexity index is 1620. The van der Waals surface area contributed by atoms with E-state index in [0.717, 1.165) is 37.3 Å². The third-order valence-corrected chi connectivity index (χ3v) is 8.25. The van der Waals surface area contributed by atoms with Gasteiger partial charge in [-0.3, -0.25) is 19.6 Å². The fraction of sp³-hybridized carbons (Fsp3) is 0.462. The molecule has 2 aromatic rings. The van der Waals surface area contributed by atoms with Gasteiger partial charge in [0.15, 0.2) is 10.8 Å². The zero-order chi connectivity index (χ0) is 33.8. The lowest BCUT2D eigenvalue weighted by Gasteiger charge is -2.50. The number of hydrogen-bond acceptors (Lipinski definition) is 14. The first-order valence-corrected chi connectivity index (χ1v) is 16.1. The molecule has 2 amide bonds. The van der Waals surface area contributed by atoms with Crippen LogP contribution in [0.4, 0.5) is 5.13 Å². The summed E-state index contributed by atoms with van der Waals surface area (Å²) in [5.41, 5.74) is 4.40. The van der Waals surface area contributed by atoms with Crippen LogP contribution in [0.1, 0.15) is 42.8 Å².